The third-order valence-electron chi connectivity index (χ3n) is 4.03. The van der Waals surface area contributed by atoms with E-state index in [9.17, 15) is 0 Å². The number of aliphatic imine (C=N–C) groups is 1. The molecule has 1 unspecified atom stereocenters. The highest BCUT2D eigenvalue weighted by Gasteiger charge is 2.09. The van der Waals surface area contributed by atoms with Gasteiger partial charge in [-0.15, -0.1) is 0 Å². The van der Waals surface area contributed by atoms with Gasteiger partial charge in [-0.1, -0.05) is 32.4 Å². The Morgan fingerprint density at radius 1 is 1.33 bits per heavy atom. The molecule has 0 aromatic carbocycles. The standard InChI is InChI=1S/C18H28N4.C2H6.H2/c1-3-17(18-9-5-6-10-20-18)15-21-16(2)19-11-14-22-12-7-4-8-13-22;1-2;/h3,5-6,9-10,15-16,19H,4,7-8,11-14H2,1-2H3;1-2H3;1H/b17-3+,21-15-;;. The van der Waals surface area contributed by atoms with Gasteiger partial charge in [0, 0.05) is 32.5 Å². The van der Waals surface area contributed by atoms with E-state index in [1.807, 2.05) is 57.5 Å². The maximum atomic E-state index is 4.59. The van der Waals surface area contributed by atoms with Crippen molar-refractivity contribution in [2.45, 2.75) is 53.1 Å². The molecule has 0 amide bonds. The summed E-state index contributed by atoms with van der Waals surface area (Å²) < 4.78 is 0. The van der Waals surface area contributed by atoms with Crippen LogP contribution in [-0.4, -0.2) is 48.4 Å². The maximum absolute atomic E-state index is 4.59. The minimum Gasteiger partial charge on any atom is -0.302 e. The van der Waals surface area contributed by atoms with Crippen LogP contribution in [0.1, 0.15) is 54.1 Å². The summed E-state index contributed by atoms with van der Waals surface area (Å²) in [6.07, 6.45) is 10.00. The number of hydrogen-bond acceptors (Lipinski definition) is 4. The zero-order valence-electron chi connectivity index (χ0n) is 15.8. The van der Waals surface area contributed by atoms with Crippen LogP contribution in [-0.2, 0) is 0 Å². The second kappa shape index (κ2) is 12.8. The van der Waals surface area contributed by atoms with Crippen LogP contribution in [0.15, 0.2) is 35.5 Å². The van der Waals surface area contributed by atoms with Crippen molar-refractivity contribution in [2.24, 2.45) is 4.99 Å². The van der Waals surface area contributed by atoms with Crippen molar-refractivity contribution in [1.29, 1.82) is 0 Å². The second-order valence-electron chi connectivity index (χ2n) is 5.77. The molecule has 2 rings (SSSR count). The first-order valence-corrected chi connectivity index (χ1v) is 9.36. The van der Waals surface area contributed by atoms with Gasteiger partial charge in [0.05, 0.1) is 11.9 Å². The SMILES string of the molecule is C/C=C(\C=N/C(C)NCCN1CCCCC1)c1ccccn1.CC.[HH]. The third kappa shape index (κ3) is 7.84. The number of nitrogens with zero attached hydrogens (tertiary/aromatic N) is 3. The molecule has 4 heteroatoms. The van der Waals surface area contributed by atoms with Crippen LogP contribution in [0.25, 0.3) is 5.57 Å². The Kier molecular flexibility index (Phi) is 11.0. The molecule has 1 fully saturated rings. The van der Waals surface area contributed by atoms with E-state index in [0.717, 1.165) is 24.4 Å². The van der Waals surface area contributed by atoms with Crippen LogP contribution in [0.3, 0.4) is 0 Å². The molecule has 0 saturated carbocycles. The van der Waals surface area contributed by atoms with E-state index in [1.54, 1.807) is 0 Å². The number of likely N-dealkylation sites (tertiary alicyclic amines) is 1. The van der Waals surface area contributed by atoms with Gasteiger partial charge >= 0.3 is 0 Å². The largest absolute Gasteiger partial charge is 0.302 e. The number of aromatic nitrogens is 1. The fourth-order valence-electron chi connectivity index (χ4n) is 2.68. The minimum absolute atomic E-state index is 0. The molecule has 1 saturated heterocycles. The smallest absolute Gasteiger partial charge is 0.0966 e. The van der Waals surface area contributed by atoms with Crippen LogP contribution >= 0.6 is 0 Å². The Bertz CT molecular complexity index is 482. The van der Waals surface area contributed by atoms with Gasteiger partial charge in [-0.05, 0) is 51.9 Å². The van der Waals surface area contributed by atoms with Gasteiger partial charge in [0.15, 0.2) is 0 Å². The van der Waals surface area contributed by atoms with Crippen LogP contribution in [0.2, 0.25) is 0 Å². The van der Waals surface area contributed by atoms with E-state index in [4.69, 9.17) is 0 Å². The predicted octanol–water partition coefficient (Wildman–Crippen LogP) is 4.25. The Hall–Kier alpha value is -1.52. The van der Waals surface area contributed by atoms with Crippen LogP contribution < -0.4 is 5.32 Å². The molecule has 1 aliphatic heterocycles. The van der Waals surface area contributed by atoms with Gasteiger partial charge in [0.25, 0.3) is 0 Å². The molecule has 0 bridgehead atoms. The van der Waals surface area contributed by atoms with Gasteiger partial charge in [0.2, 0.25) is 0 Å². The van der Waals surface area contributed by atoms with E-state index in [1.165, 1.54) is 32.4 Å². The zero-order chi connectivity index (χ0) is 17.6. The van der Waals surface area contributed by atoms with Crippen molar-refractivity contribution in [2.75, 3.05) is 26.2 Å². The van der Waals surface area contributed by atoms with Crippen LogP contribution in [0.5, 0.6) is 0 Å². The highest BCUT2D eigenvalue weighted by atomic mass is 15.2. The molecule has 0 aliphatic carbocycles. The zero-order valence-corrected chi connectivity index (χ0v) is 15.8. The Labute approximate surface area is 149 Å². The lowest BCUT2D eigenvalue weighted by molar-refractivity contribution is 0.227. The van der Waals surface area contributed by atoms with Crippen LogP contribution in [0, 0.1) is 0 Å². The van der Waals surface area contributed by atoms with Gasteiger partial charge in [-0.2, -0.15) is 0 Å². The summed E-state index contributed by atoms with van der Waals surface area (Å²) in [5.41, 5.74) is 2.03. The molecule has 136 valence electrons. The van der Waals surface area contributed by atoms with Crippen LogP contribution in [0.4, 0.5) is 0 Å². The monoisotopic (exact) mass is 332 g/mol. The van der Waals surface area contributed by atoms with Gasteiger partial charge in [-0.25, -0.2) is 0 Å². The fourth-order valence-corrected chi connectivity index (χ4v) is 2.68. The van der Waals surface area contributed by atoms with Gasteiger partial charge in [-0.3, -0.25) is 15.3 Å². The Balaban J connectivity index is 0.00000185. The van der Waals surface area contributed by atoms with E-state index in [0.29, 0.717) is 0 Å². The van der Waals surface area contributed by atoms with Crippen molar-refractivity contribution < 1.29 is 1.43 Å². The highest BCUT2D eigenvalue weighted by Crippen LogP contribution is 2.09. The topological polar surface area (TPSA) is 40.5 Å². The van der Waals surface area contributed by atoms with E-state index in [-0.39, 0.29) is 7.59 Å². The minimum atomic E-state index is 0. The number of allylic oxidation sites excluding steroid dienone is 2. The summed E-state index contributed by atoms with van der Waals surface area (Å²) in [7, 11) is 0. The number of piperidine rings is 1. The molecular weight excluding hydrogens is 296 g/mol. The number of hydrogen-bond donors (Lipinski definition) is 1. The van der Waals surface area contributed by atoms with Crippen molar-refractivity contribution in [3.8, 4) is 0 Å². The molecule has 24 heavy (non-hydrogen) atoms. The average Bonchev–Trinajstić information content (AvgIpc) is 2.66. The molecule has 0 spiro atoms. The summed E-state index contributed by atoms with van der Waals surface area (Å²) in [5, 5.41) is 3.47. The molecular formula is C20H36N4. The Morgan fingerprint density at radius 2 is 2.08 bits per heavy atom. The van der Waals surface area contributed by atoms with E-state index < -0.39 is 0 Å². The normalized spacial score (nSPS) is 17.4. The lowest BCUT2D eigenvalue weighted by Gasteiger charge is -2.26. The summed E-state index contributed by atoms with van der Waals surface area (Å²) in [6, 6.07) is 5.94. The first kappa shape index (κ1) is 20.5. The first-order chi connectivity index (χ1) is 11.8. The molecule has 0 radical (unpaired) electrons. The molecule has 1 aromatic rings. The summed E-state index contributed by atoms with van der Waals surface area (Å²) >= 11 is 0. The fraction of sp³-hybridized carbons (Fsp3) is 0.600. The van der Waals surface area contributed by atoms with Crippen molar-refractivity contribution in [3.05, 3.63) is 36.2 Å². The summed E-state index contributed by atoms with van der Waals surface area (Å²) in [6.45, 7) is 12.7. The maximum Gasteiger partial charge on any atom is 0.0966 e. The predicted molar refractivity (Wildman–Crippen MR) is 108 cm³/mol. The number of rotatable bonds is 7. The number of nitrogens with one attached hydrogen (secondary N) is 1. The van der Waals surface area contributed by atoms with Crippen molar-refractivity contribution >= 4 is 11.8 Å². The van der Waals surface area contributed by atoms with Gasteiger partial charge < -0.3 is 4.90 Å². The van der Waals surface area contributed by atoms with Gasteiger partial charge in [0.1, 0.15) is 0 Å². The molecule has 1 atom stereocenters. The summed E-state index contributed by atoms with van der Waals surface area (Å²) in [4.78, 5) is 11.5. The molecule has 2 heterocycles. The summed E-state index contributed by atoms with van der Waals surface area (Å²) in [5.74, 6) is 0. The third-order valence-corrected chi connectivity index (χ3v) is 4.03. The number of pyridine rings is 1. The molecule has 4 nitrogen and oxygen atoms in total. The highest BCUT2D eigenvalue weighted by molar-refractivity contribution is 6.08. The lowest BCUT2D eigenvalue weighted by Crippen LogP contribution is -2.38. The van der Waals surface area contributed by atoms with Crippen molar-refractivity contribution in [1.82, 2.24) is 15.2 Å². The quantitative estimate of drug-likeness (QED) is 0.759. The lowest BCUT2D eigenvalue weighted by atomic mass is 10.1. The van der Waals surface area contributed by atoms with E-state index in [2.05, 4.69) is 27.1 Å². The molecule has 1 N–H and O–H groups in total. The van der Waals surface area contributed by atoms with E-state index >= 15 is 0 Å². The Morgan fingerprint density at radius 3 is 2.71 bits per heavy atom. The molecule has 1 aromatic heterocycles. The molecule has 1 aliphatic rings. The van der Waals surface area contributed by atoms with Crippen molar-refractivity contribution in [3.63, 3.8) is 0 Å². The first-order valence-electron chi connectivity index (χ1n) is 9.36. The second-order valence-corrected chi connectivity index (χ2v) is 5.77. The average molecular weight is 333 g/mol.